The van der Waals surface area contributed by atoms with Crippen molar-refractivity contribution in [1.29, 1.82) is 0 Å². The van der Waals surface area contributed by atoms with E-state index in [0.29, 0.717) is 11.5 Å². The molecule has 3 aromatic carbocycles. The fourth-order valence-electron chi connectivity index (χ4n) is 2.56. The van der Waals surface area contributed by atoms with Gasteiger partial charge in [0, 0.05) is 0 Å². The van der Waals surface area contributed by atoms with Gasteiger partial charge < -0.3 is 9.84 Å². The molecule has 0 fully saturated rings. The molecule has 1 N–H and O–H groups in total. The summed E-state index contributed by atoms with van der Waals surface area (Å²) < 4.78 is 5.46. The van der Waals surface area contributed by atoms with Crippen LogP contribution in [0.4, 0.5) is 0 Å². The molecule has 0 unspecified atom stereocenters. The lowest BCUT2D eigenvalue weighted by Gasteiger charge is -2.06. The summed E-state index contributed by atoms with van der Waals surface area (Å²) in [5.41, 5.74) is 1.48. The Balaban J connectivity index is 0.000000190. The topological polar surface area (TPSA) is 29.5 Å². The van der Waals surface area contributed by atoms with Crippen LogP contribution in [-0.2, 0) is 6.42 Å². The summed E-state index contributed by atoms with van der Waals surface area (Å²) in [5, 5.41) is 9.45. The molecule has 0 saturated carbocycles. The Bertz CT molecular complexity index is 723. The Morgan fingerprint density at radius 3 is 1.96 bits per heavy atom. The molecule has 136 valence electrons. The number of hydrogen-bond acceptors (Lipinski definition) is 2. The van der Waals surface area contributed by atoms with Gasteiger partial charge in [-0.25, -0.2) is 0 Å². The highest BCUT2D eigenvalue weighted by Crippen LogP contribution is 2.29. The average Bonchev–Trinajstić information content (AvgIpc) is 2.69. The monoisotopic (exact) mass is 348 g/mol. The predicted octanol–water partition coefficient (Wildman–Crippen LogP) is 6.99. The van der Waals surface area contributed by atoms with E-state index in [2.05, 4.69) is 37.3 Å². The van der Waals surface area contributed by atoms with E-state index >= 15 is 0 Å². The zero-order chi connectivity index (χ0) is 18.5. The van der Waals surface area contributed by atoms with Gasteiger partial charge in [0.15, 0.2) is 11.5 Å². The molecule has 0 heterocycles. The number of para-hydroxylation sites is 3. The zero-order valence-corrected chi connectivity index (χ0v) is 15.5. The molecule has 0 saturated heterocycles. The first-order valence-electron chi connectivity index (χ1n) is 9.34. The minimum atomic E-state index is 0.149. The van der Waals surface area contributed by atoms with Crippen molar-refractivity contribution >= 4 is 0 Å². The molecule has 26 heavy (non-hydrogen) atoms. The molecule has 0 spiro atoms. The first-order valence-corrected chi connectivity index (χ1v) is 9.34. The summed E-state index contributed by atoms with van der Waals surface area (Å²) in [6, 6.07) is 27.0. The van der Waals surface area contributed by atoms with Crippen LogP contribution in [-0.4, -0.2) is 5.11 Å². The number of phenolic OH excluding ortho intramolecular Hbond substituents is 1. The number of aryl methyl sites for hydroxylation is 1. The van der Waals surface area contributed by atoms with Gasteiger partial charge in [-0.2, -0.15) is 0 Å². The maximum atomic E-state index is 9.45. The van der Waals surface area contributed by atoms with E-state index in [-0.39, 0.29) is 5.75 Å². The second-order valence-corrected chi connectivity index (χ2v) is 6.18. The highest BCUT2D eigenvalue weighted by atomic mass is 16.5. The molecule has 0 amide bonds. The van der Waals surface area contributed by atoms with Gasteiger partial charge >= 0.3 is 0 Å². The maximum absolute atomic E-state index is 9.45. The number of rotatable bonds is 7. The third-order valence-electron chi connectivity index (χ3n) is 4.00. The van der Waals surface area contributed by atoms with Crippen molar-refractivity contribution in [3.05, 3.63) is 90.5 Å². The quantitative estimate of drug-likeness (QED) is 0.466. The van der Waals surface area contributed by atoms with Crippen LogP contribution in [0.3, 0.4) is 0 Å². The maximum Gasteiger partial charge on any atom is 0.169 e. The lowest BCUT2D eigenvalue weighted by Crippen LogP contribution is -1.84. The average molecular weight is 348 g/mol. The summed E-state index contributed by atoms with van der Waals surface area (Å²) in [5.74, 6) is 1.34. The van der Waals surface area contributed by atoms with E-state index in [4.69, 9.17) is 4.74 Å². The van der Waals surface area contributed by atoms with Crippen LogP contribution < -0.4 is 4.74 Å². The Morgan fingerprint density at radius 1 is 0.692 bits per heavy atom. The molecule has 3 aromatic rings. The van der Waals surface area contributed by atoms with Gasteiger partial charge in [-0.15, -0.1) is 0 Å². The fraction of sp³-hybridized carbons (Fsp3) is 0.250. The molecule has 0 aliphatic rings. The second-order valence-electron chi connectivity index (χ2n) is 6.18. The summed E-state index contributed by atoms with van der Waals surface area (Å²) in [6.45, 7) is 2.25. The lowest BCUT2D eigenvalue weighted by atomic mass is 10.1. The Labute approximate surface area is 157 Å². The first kappa shape index (κ1) is 19.6. The standard InChI is InChI=1S/C12H10O2.C12H18/c13-11-8-4-5-9-12(11)14-10-6-2-1-3-7-10;1-2-3-4-6-9-12-10-7-5-8-11-12/h1-9,13H;5,7-8,10-11H,2-4,6,9H2,1H3. The van der Waals surface area contributed by atoms with Gasteiger partial charge in [-0.1, -0.05) is 86.8 Å². The molecular formula is C24H28O2. The first-order chi connectivity index (χ1) is 12.8. The molecule has 0 bridgehead atoms. The summed E-state index contributed by atoms with van der Waals surface area (Å²) >= 11 is 0. The Morgan fingerprint density at radius 2 is 1.31 bits per heavy atom. The van der Waals surface area contributed by atoms with Gasteiger partial charge in [0.25, 0.3) is 0 Å². The van der Waals surface area contributed by atoms with Crippen LogP contribution in [0.2, 0.25) is 0 Å². The van der Waals surface area contributed by atoms with E-state index in [1.165, 1.54) is 37.7 Å². The number of ether oxygens (including phenoxy) is 1. The summed E-state index contributed by atoms with van der Waals surface area (Å²) in [6.07, 6.45) is 6.69. The van der Waals surface area contributed by atoms with Crippen LogP contribution in [0.15, 0.2) is 84.9 Å². The Kier molecular flexibility index (Phi) is 8.85. The van der Waals surface area contributed by atoms with Crippen LogP contribution in [0.1, 0.15) is 38.2 Å². The number of phenols is 1. The molecule has 0 radical (unpaired) electrons. The smallest absolute Gasteiger partial charge is 0.169 e. The Hall–Kier alpha value is -2.74. The highest BCUT2D eigenvalue weighted by Gasteiger charge is 2.00. The minimum absolute atomic E-state index is 0.149. The highest BCUT2D eigenvalue weighted by molar-refractivity contribution is 5.41. The van der Waals surface area contributed by atoms with Crippen molar-refractivity contribution < 1.29 is 9.84 Å². The van der Waals surface area contributed by atoms with E-state index in [9.17, 15) is 5.11 Å². The van der Waals surface area contributed by atoms with Crippen molar-refractivity contribution in [1.82, 2.24) is 0 Å². The van der Waals surface area contributed by atoms with Crippen molar-refractivity contribution in [2.24, 2.45) is 0 Å². The van der Waals surface area contributed by atoms with Crippen molar-refractivity contribution in [3.8, 4) is 17.2 Å². The SMILES string of the molecule is CCCCCCc1ccccc1.Oc1ccccc1Oc1ccccc1. The van der Waals surface area contributed by atoms with Gasteiger partial charge in [0.2, 0.25) is 0 Å². The number of benzene rings is 3. The van der Waals surface area contributed by atoms with Crippen LogP contribution in [0.25, 0.3) is 0 Å². The molecule has 0 aromatic heterocycles. The third kappa shape index (κ3) is 7.43. The molecule has 0 aliphatic heterocycles. The zero-order valence-electron chi connectivity index (χ0n) is 15.5. The van der Waals surface area contributed by atoms with E-state index in [0.717, 1.165) is 0 Å². The lowest BCUT2D eigenvalue weighted by molar-refractivity contribution is 0.411. The molecule has 0 aliphatic carbocycles. The van der Waals surface area contributed by atoms with E-state index < -0.39 is 0 Å². The third-order valence-corrected chi connectivity index (χ3v) is 4.00. The molecule has 2 nitrogen and oxygen atoms in total. The summed E-state index contributed by atoms with van der Waals surface area (Å²) in [7, 11) is 0. The van der Waals surface area contributed by atoms with E-state index in [1.54, 1.807) is 18.2 Å². The van der Waals surface area contributed by atoms with Crippen molar-refractivity contribution in [3.63, 3.8) is 0 Å². The van der Waals surface area contributed by atoms with Crippen LogP contribution in [0.5, 0.6) is 17.2 Å². The predicted molar refractivity (Wildman–Crippen MR) is 109 cm³/mol. The largest absolute Gasteiger partial charge is 0.504 e. The van der Waals surface area contributed by atoms with Gasteiger partial charge in [-0.3, -0.25) is 0 Å². The van der Waals surface area contributed by atoms with Crippen LogP contribution in [0, 0.1) is 0 Å². The molecule has 0 atom stereocenters. The molecule has 3 rings (SSSR count). The fourth-order valence-corrected chi connectivity index (χ4v) is 2.56. The van der Waals surface area contributed by atoms with Gasteiger partial charge in [-0.05, 0) is 42.7 Å². The number of unbranched alkanes of at least 4 members (excludes halogenated alkanes) is 3. The second kappa shape index (κ2) is 11.8. The normalized spacial score (nSPS) is 9.88. The van der Waals surface area contributed by atoms with Gasteiger partial charge in [0.1, 0.15) is 5.75 Å². The number of hydrogen-bond donors (Lipinski definition) is 1. The van der Waals surface area contributed by atoms with Gasteiger partial charge in [0.05, 0.1) is 0 Å². The van der Waals surface area contributed by atoms with E-state index in [1.807, 2.05) is 36.4 Å². The minimum Gasteiger partial charge on any atom is -0.504 e. The summed E-state index contributed by atoms with van der Waals surface area (Å²) in [4.78, 5) is 0. The van der Waals surface area contributed by atoms with Crippen molar-refractivity contribution in [2.45, 2.75) is 39.0 Å². The van der Waals surface area contributed by atoms with Crippen LogP contribution >= 0.6 is 0 Å². The van der Waals surface area contributed by atoms with Crippen molar-refractivity contribution in [2.75, 3.05) is 0 Å². The molecule has 2 heteroatoms. The molecular weight excluding hydrogens is 320 g/mol. The number of aromatic hydroxyl groups is 1.